The van der Waals surface area contributed by atoms with Gasteiger partial charge in [-0.1, -0.05) is 0 Å². The number of benzene rings is 1. The van der Waals surface area contributed by atoms with Crippen molar-refractivity contribution in [2.24, 2.45) is 5.92 Å². The van der Waals surface area contributed by atoms with E-state index in [1.54, 1.807) is 17.2 Å². The molecule has 1 aromatic carbocycles. The topological polar surface area (TPSA) is 82.4 Å². The van der Waals surface area contributed by atoms with Gasteiger partial charge < -0.3 is 20.7 Å². The molecule has 0 unspecified atom stereocenters. The van der Waals surface area contributed by atoms with Crippen molar-refractivity contribution in [3.8, 4) is 0 Å². The van der Waals surface area contributed by atoms with Gasteiger partial charge in [0.1, 0.15) is 0 Å². The number of nitrogens with one attached hydrogen (secondary N) is 1. The number of aromatic nitrogens is 1. The molecule has 5 nitrogen and oxygen atoms in total. The van der Waals surface area contributed by atoms with Crippen LogP contribution < -0.4 is 5.73 Å². The second-order valence-corrected chi connectivity index (χ2v) is 4.77. The Kier molecular flexibility index (Phi) is 2.48. The molecule has 1 amide bonds. The fourth-order valence-corrected chi connectivity index (χ4v) is 2.34. The van der Waals surface area contributed by atoms with Crippen molar-refractivity contribution in [3.05, 3.63) is 30.0 Å². The van der Waals surface area contributed by atoms with Crippen LogP contribution >= 0.6 is 0 Å². The van der Waals surface area contributed by atoms with Crippen LogP contribution in [-0.2, 0) is 0 Å². The number of carbonyl (C=O) groups excluding carboxylic acids is 1. The Hall–Kier alpha value is -2.01. The van der Waals surface area contributed by atoms with Crippen molar-refractivity contribution in [1.82, 2.24) is 9.88 Å². The third-order valence-electron chi connectivity index (χ3n) is 3.44. The molecule has 1 aromatic heterocycles. The molecule has 0 bridgehead atoms. The maximum Gasteiger partial charge on any atom is 0.256 e. The van der Waals surface area contributed by atoms with Gasteiger partial charge in [-0.05, 0) is 18.2 Å². The van der Waals surface area contributed by atoms with Gasteiger partial charge in [-0.15, -0.1) is 0 Å². The van der Waals surface area contributed by atoms with Crippen LogP contribution in [-0.4, -0.2) is 40.6 Å². The number of H-pyrrole nitrogens is 1. The molecule has 4 N–H and O–H groups in total. The Morgan fingerprint density at radius 1 is 1.50 bits per heavy atom. The van der Waals surface area contributed by atoms with Crippen LogP contribution in [0, 0.1) is 5.92 Å². The van der Waals surface area contributed by atoms with Crippen molar-refractivity contribution < 1.29 is 9.90 Å². The van der Waals surface area contributed by atoms with Crippen molar-refractivity contribution in [2.45, 2.75) is 0 Å². The fourth-order valence-electron chi connectivity index (χ4n) is 2.34. The van der Waals surface area contributed by atoms with Crippen LogP contribution in [0.15, 0.2) is 24.4 Å². The summed E-state index contributed by atoms with van der Waals surface area (Å²) in [6.45, 7) is 1.40. The minimum atomic E-state index is -0.00319. The number of likely N-dealkylation sites (tertiary alicyclic amines) is 1. The number of fused-ring (bicyclic) bond motifs is 1. The second-order valence-electron chi connectivity index (χ2n) is 4.77. The highest BCUT2D eigenvalue weighted by Crippen LogP contribution is 2.25. The Morgan fingerprint density at radius 3 is 3.00 bits per heavy atom. The summed E-state index contributed by atoms with van der Waals surface area (Å²) in [6, 6.07) is 5.48. The molecule has 18 heavy (non-hydrogen) atoms. The first-order chi connectivity index (χ1) is 8.69. The van der Waals surface area contributed by atoms with Gasteiger partial charge in [-0.3, -0.25) is 4.79 Å². The summed E-state index contributed by atoms with van der Waals surface area (Å²) in [5.74, 6) is 0.223. The first-order valence-electron chi connectivity index (χ1n) is 5.96. The molecule has 1 aliphatic heterocycles. The van der Waals surface area contributed by atoms with E-state index >= 15 is 0 Å². The standard InChI is InChI=1S/C13H15N3O2/c14-9-1-2-12-10(3-9)11(4-15-12)13(18)16-5-8(6-16)7-17/h1-4,8,15,17H,5-7,14H2. The van der Waals surface area contributed by atoms with E-state index in [0.29, 0.717) is 24.3 Å². The van der Waals surface area contributed by atoms with Gasteiger partial charge in [0.25, 0.3) is 5.91 Å². The molecule has 1 saturated heterocycles. The number of nitrogens with two attached hydrogens (primary N) is 1. The van der Waals surface area contributed by atoms with Gasteiger partial charge >= 0.3 is 0 Å². The van der Waals surface area contributed by atoms with Gasteiger partial charge in [0, 0.05) is 48.4 Å². The minimum absolute atomic E-state index is 0.00319. The highest BCUT2D eigenvalue weighted by Gasteiger charge is 2.31. The summed E-state index contributed by atoms with van der Waals surface area (Å²) in [4.78, 5) is 17.1. The maximum absolute atomic E-state index is 12.3. The van der Waals surface area contributed by atoms with E-state index in [1.807, 2.05) is 12.1 Å². The molecule has 5 heteroatoms. The molecule has 0 radical (unpaired) electrons. The highest BCUT2D eigenvalue weighted by atomic mass is 16.3. The number of aliphatic hydroxyl groups excluding tert-OH is 1. The minimum Gasteiger partial charge on any atom is -0.399 e. The van der Waals surface area contributed by atoms with Crippen LogP contribution in [0.4, 0.5) is 5.69 Å². The number of carbonyl (C=O) groups is 1. The number of amides is 1. The first kappa shape index (κ1) is 11.1. The van der Waals surface area contributed by atoms with Crippen LogP contribution in [0.1, 0.15) is 10.4 Å². The van der Waals surface area contributed by atoms with Crippen molar-refractivity contribution in [2.75, 3.05) is 25.4 Å². The lowest BCUT2D eigenvalue weighted by atomic mass is 10.00. The monoisotopic (exact) mass is 245 g/mol. The molecular weight excluding hydrogens is 230 g/mol. The summed E-state index contributed by atoms with van der Waals surface area (Å²) < 4.78 is 0. The molecule has 0 atom stereocenters. The Balaban J connectivity index is 1.90. The fraction of sp³-hybridized carbons (Fsp3) is 0.308. The molecular formula is C13H15N3O2. The van der Waals surface area contributed by atoms with E-state index < -0.39 is 0 Å². The molecule has 2 aromatic rings. The predicted molar refractivity (Wildman–Crippen MR) is 69.2 cm³/mol. The average Bonchev–Trinajstić information content (AvgIpc) is 2.70. The molecule has 2 heterocycles. The van der Waals surface area contributed by atoms with E-state index in [2.05, 4.69) is 4.98 Å². The molecule has 94 valence electrons. The predicted octanol–water partition coefficient (Wildman–Crippen LogP) is 0.814. The molecule has 0 spiro atoms. The van der Waals surface area contributed by atoms with Crippen LogP contribution in [0.25, 0.3) is 10.9 Å². The Labute approximate surface area is 104 Å². The van der Waals surface area contributed by atoms with Crippen LogP contribution in [0.5, 0.6) is 0 Å². The number of anilines is 1. The molecule has 0 saturated carbocycles. The Bertz CT molecular complexity index is 599. The van der Waals surface area contributed by atoms with Gasteiger partial charge in [0.15, 0.2) is 0 Å². The number of aliphatic hydroxyl groups is 1. The smallest absolute Gasteiger partial charge is 0.256 e. The third kappa shape index (κ3) is 1.64. The van der Waals surface area contributed by atoms with Gasteiger partial charge in [-0.2, -0.15) is 0 Å². The zero-order valence-electron chi connectivity index (χ0n) is 9.89. The zero-order chi connectivity index (χ0) is 12.7. The molecule has 1 aliphatic rings. The van der Waals surface area contributed by atoms with Crippen molar-refractivity contribution in [1.29, 1.82) is 0 Å². The number of aromatic amines is 1. The van der Waals surface area contributed by atoms with Crippen LogP contribution in [0.2, 0.25) is 0 Å². The summed E-state index contributed by atoms with van der Waals surface area (Å²) in [7, 11) is 0. The first-order valence-corrected chi connectivity index (χ1v) is 5.96. The number of hydrogen-bond acceptors (Lipinski definition) is 3. The SMILES string of the molecule is Nc1ccc2[nH]cc(C(=O)N3CC(CO)C3)c2c1. The lowest BCUT2D eigenvalue weighted by Gasteiger charge is -2.38. The number of nitrogen functional groups attached to an aromatic ring is 1. The van der Waals surface area contributed by atoms with E-state index in [0.717, 1.165) is 10.9 Å². The quantitative estimate of drug-likeness (QED) is 0.685. The molecule has 3 rings (SSSR count). The van der Waals surface area contributed by atoms with Gasteiger partial charge in [-0.25, -0.2) is 0 Å². The Morgan fingerprint density at radius 2 is 2.28 bits per heavy atom. The van der Waals surface area contributed by atoms with Gasteiger partial charge in [0.2, 0.25) is 0 Å². The lowest BCUT2D eigenvalue weighted by molar-refractivity contribution is 0.0364. The number of hydrogen-bond donors (Lipinski definition) is 3. The van der Waals surface area contributed by atoms with Crippen molar-refractivity contribution in [3.63, 3.8) is 0 Å². The summed E-state index contributed by atoms with van der Waals surface area (Å²) >= 11 is 0. The maximum atomic E-state index is 12.3. The highest BCUT2D eigenvalue weighted by molar-refractivity contribution is 6.07. The number of rotatable bonds is 2. The molecule has 0 aliphatic carbocycles. The normalized spacial score (nSPS) is 15.9. The summed E-state index contributed by atoms with van der Waals surface area (Å²) in [6.07, 6.45) is 1.72. The second kappa shape index (κ2) is 4.03. The number of nitrogens with zero attached hydrogens (tertiary/aromatic N) is 1. The average molecular weight is 245 g/mol. The largest absolute Gasteiger partial charge is 0.399 e. The van der Waals surface area contributed by atoms with Gasteiger partial charge in [0.05, 0.1) is 5.56 Å². The molecule has 1 fully saturated rings. The van der Waals surface area contributed by atoms with Crippen molar-refractivity contribution >= 4 is 22.5 Å². The van der Waals surface area contributed by atoms with E-state index in [9.17, 15) is 4.79 Å². The third-order valence-corrected chi connectivity index (χ3v) is 3.44. The lowest BCUT2D eigenvalue weighted by Crippen LogP contribution is -2.51. The summed E-state index contributed by atoms with van der Waals surface area (Å²) in [5, 5.41) is 9.82. The van der Waals surface area contributed by atoms with E-state index in [1.165, 1.54) is 0 Å². The van der Waals surface area contributed by atoms with Crippen LogP contribution in [0.3, 0.4) is 0 Å². The van der Waals surface area contributed by atoms with E-state index in [4.69, 9.17) is 10.8 Å². The van der Waals surface area contributed by atoms with E-state index in [-0.39, 0.29) is 18.4 Å². The summed E-state index contributed by atoms with van der Waals surface area (Å²) in [5.41, 5.74) is 7.95. The zero-order valence-corrected chi connectivity index (χ0v) is 9.89.